The quantitative estimate of drug-likeness (QED) is 0.519. The van der Waals surface area contributed by atoms with E-state index in [0.29, 0.717) is 11.7 Å². The summed E-state index contributed by atoms with van der Waals surface area (Å²) in [7, 11) is 0. The van der Waals surface area contributed by atoms with E-state index in [1.54, 1.807) is 0 Å². The molecule has 0 heterocycles. The van der Waals surface area contributed by atoms with Crippen molar-refractivity contribution in [2.45, 2.75) is 40.5 Å². The van der Waals surface area contributed by atoms with E-state index < -0.39 is 0 Å². The second kappa shape index (κ2) is 3.15. The Bertz CT molecular complexity index is 275. The summed E-state index contributed by atoms with van der Waals surface area (Å²) in [5, 5.41) is 9.84. The minimum Gasteiger partial charge on any atom is -0.512 e. The van der Waals surface area contributed by atoms with E-state index in [4.69, 9.17) is 0 Å². The first-order valence-corrected chi connectivity index (χ1v) is 5.35. The first kappa shape index (κ1) is 11.4. The third-order valence-corrected chi connectivity index (χ3v) is 4.61. The fraction of sp³-hybridized carbons (Fsp3) is 0.692. The van der Waals surface area contributed by atoms with Crippen LogP contribution in [0.1, 0.15) is 40.5 Å². The molecule has 0 aliphatic heterocycles. The SMILES string of the molecule is C=C1CC(CC)(C(=C)O)C(C)(C)C1C. The lowest BCUT2D eigenvalue weighted by Crippen LogP contribution is -2.36. The van der Waals surface area contributed by atoms with Crippen LogP contribution in [0, 0.1) is 16.7 Å². The molecular formula is C13H22O. The van der Waals surface area contributed by atoms with E-state index in [0.717, 1.165) is 12.8 Å². The van der Waals surface area contributed by atoms with Gasteiger partial charge in [-0.2, -0.15) is 0 Å². The number of aliphatic hydroxyl groups is 1. The van der Waals surface area contributed by atoms with Crippen molar-refractivity contribution in [2.24, 2.45) is 16.7 Å². The Morgan fingerprint density at radius 3 is 2.21 bits per heavy atom. The van der Waals surface area contributed by atoms with Gasteiger partial charge in [-0.1, -0.05) is 46.4 Å². The maximum absolute atomic E-state index is 9.84. The van der Waals surface area contributed by atoms with Crippen molar-refractivity contribution >= 4 is 0 Å². The zero-order chi connectivity index (χ0) is 11.1. The molecule has 1 rings (SSSR count). The van der Waals surface area contributed by atoms with Gasteiger partial charge in [0.25, 0.3) is 0 Å². The number of aliphatic hydroxyl groups excluding tert-OH is 1. The predicted molar refractivity (Wildman–Crippen MR) is 61.2 cm³/mol. The zero-order valence-electron chi connectivity index (χ0n) is 9.85. The smallest absolute Gasteiger partial charge is 0.0921 e. The van der Waals surface area contributed by atoms with E-state index in [-0.39, 0.29) is 10.8 Å². The highest BCUT2D eigenvalue weighted by Gasteiger charge is 2.55. The summed E-state index contributed by atoms with van der Waals surface area (Å²) >= 11 is 0. The molecule has 0 aromatic heterocycles. The number of hydrogen-bond donors (Lipinski definition) is 1. The standard InChI is InChI=1S/C13H22O/c1-7-13(11(4)14)8-9(2)10(3)12(13,5)6/h10,14H,2,4,7-8H2,1,3,5-6H3. The molecule has 0 aromatic carbocycles. The Labute approximate surface area is 87.5 Å². The Morgan fingerprint density at radius 1 is 1.57 bits per heavy atom. The summed E-state index contributed by atoms with van der Waals surface area (Å²) < 4.78 is 0. The lowest BCUT2D eigenvalue weighted by Gasteiger charge is -2.42. The van der Waals surface area contributed by atoms with Crippen LogP contribution in [-0.2, 0) is 0 Å². The number of hydrogen-bond acceptors (Lipinski definition) is 1. The van der Waals surface area contributed by atoms with Gasteiger partial charge in [-0.15, -0.1) is 0 Å². The zero-order valence-corrected chi connectivity index (χ0v) is 9.85. The van der Waals surface area contributed by atoms with Crippen LogP contribution in [0.5, 0.6) is 0 Å². The van der Waals surface area contributed by atoms with Crippen LogP contribution in [-0.4, -0.2) is 5.11 Å². The predicted octanol–water partition coefficient (Wildman–Crippen LogP) is 4.08. The molecule has 0 saturated heterocycles. The first-order valence-electron chi connectivity index (χ1n) is 5.35. The van der Waals surface area contributed by atoms with Crippen LogP contribution in [0.2, 0.25) is 0 Å². The molecule has 1 aliphatic carbocycles. The van der Waals surface area contributed by atoms with Crippen molar-refractivity contribution in [1.82, 2.24) is 0 Å². The van der Waals surface area contributed by atoms with Crippen molar-refractivity contribution in [1.29, 1.82) is 0 Å². The third-order valence-electron chi connectivity index (χ3n) is 4.61. The molecule has 0 radical (unpaired) electrons. The van der Waals surface area contributed by atoms with Gasteiger partial charge in [0, 0.05) is 5.41 Å². The average molecular weight is 194 g/mol. The van der Waals surface area contributed by atoms with Gasteiger partial charge in [-0.05, 0) is 24.2 Å². The molecular weight excluding hydrogens is 172 g/mol. The van der Waals surface area contributed by atoms with Gasteiger partial charge in [-0.25, -0.2) is 0 Å². The minimum atomic E-state index is -0.163. The topological polar surface area (TPSA) is 20.2 Å². The summed E-state index contributed by atoms with van der Waals surface area (Å²) in [6, 6.07) is 0. The normalized spacial score (nSPS) is 36.0. The van der Waals surface area contributed by atoms with Crippen LogP contribution < -0.4 is 0 Å². The highest BCUT2D eigenvalue weighted by molar-refractivity contribution is 5.26. The largest absolute Gasteiger partial charge is 0.512 e. The van der Waals surface area contributed by atoms with E-state index >= 15 is 0 Å². The molecule has 0 amide bonds. The summed E-state index contributed by atoms with van der Waals surface area (Å²) in [5.41, 5.74) is 1.14. The molecule has 2 atom stereocenters. The van der Waals surface area contributed by atoms with Crippen molar-refractivity contribution < 1.29 is 5.11 Å². The van der Waals surface area contributed by atoms with Gasteiger partial charge in [-0.3, -0.25) is 0 Å². The average Bonchev–Trinajstić information content (AvgIpc) is 2.27. The van der Waals surface area contributed by atoms with Crippen LogP contribution in [0.25, 0.3) is 0 Å². The molecule has 1 heteroatoms. The maximum atomic E-state index is 9.84. The van der Waals surface area contributed by atoms with Gasteiger partial charge in [0.15, 0.2) is 0 Å². The molecule has 80 valence electrons. The Balaban J connectivity index is 3.23. The fourth-order valence-corrected chi connectivity index (χ4v) is 2.95. The van der Waals surface area contributed by atoms with Gasteiger partial charge in [0.05, 0.1) is 5.76 Å². The Morgan fingerprint density at radius 2 is 2.07 bits per heavy atom. The van der Waals surface area contributed by atoms with Crippen LogP contribution in [0.4, 0.5) is 0 Å². The fourth-order valence-electron chi connectivity index (χ4n) is 2.95. The lowest BCUT2D eigenvalue weighted by molar-refractivity contribution is 0.0646. The van der Waals surface area contributed by atoms with Crippen molar-refractivity contribution in [2.75, 3.05) is 0 Å². The second-order valence-corrected chi connectivity index (χ2v) is 5.16. The summed E-state index contributed by atoms with van der Waals surface area (Å²) in [6.07, 6.45) is 1.81. The molecule has 1 saturated carbocycles. The molecule has 1 N–H and O–H groups in total. The third kappa shape index (κ3) is 1.14. The van der Waals surface area contributed by atoms with E-state index in [1.807, 2.05) is 0 Å². The molecule has 1 fully saturated rings. The Kier molecular flexibility index (Phi) is 2.55. The molecule has 2 unspecified atom stereocenters. The molecule has 0 bridgehead atoms. The highest BCUT2D eigenvalue weighted by Crippen LogP contribution is 2.62. The van der Waals surface area contributed by atoms with E-state index in [9.17, 15) is 5.11 Å². The first-order chi connectivity index (χ1) is 6.29. The van der Waals surface area contributed by atoms with Crippen molar-refractivity contribution in [3.8, 4) is 0 Å². The molecule has 0 spiro atoms. The van der Waals surface area contributed by atoms with E-state index in [2.05, 4.69) is 40.9 Å². The lowest BCUT2D eigenvalue weighted by atomic mass is 9.63. The maximum Gasteiger partial charge on any atom is 0.0921 e. The van der Waals surface area contributed by atoms with E-state index in [1.165, 1.54) is 5.57 Å². The molecule has 1 aliphatic rings. The highest BCUT2D eigenvalue weighted by atomic mass is 16.3. The molecule has 14 heavy (non-hydrogen) atoms. The van der Waals surface area contributed by atoms with Crippen LogP contribution >= 0.6 is 0 Å². The van der Waals surface area contributed by atoms with Gasteiger partial charge < -0.3 is 5.11 Å². The van der Waals surface area contributed by atoms with Gasteiger partial charge >= 0.3 is 0 Å². The van der Waals surface area contributed by atoms with Gasteiger partial charge in [0.1, 0.15) is 0 Å². The van der Waals surface area contributed by atoms with Crippen LogP contribution in [0.3, 0.4) is 0 Å². The summed E-state index contributed by atoms with van der Waals surface area (Å²) in [4.78, 5) is 0. The van der Waals surface area contributed by atoms with Crippen molar-refractivity contribution in [3.05, 3.63) is 24.5 Å². The summed E-state index contributed by atoms with van der Waals surface area (Å²) in [6.45, 7) is 16.6. The number of allylic oxidation sites excluding steroid dienone is 2. The van der Waals surface area contributed by atoms with Gasteiger partial charge in [0.2, 0.25) is 0 Å². The molecule has 1 nitrogen and oxygen atoms in total. The minimum absolute atomic E-state index is 0.0602. The molecule has 0 aromatic rings. The monoisotopic (exact) mass is 194 g/mol. The van der Waals surface area contributed by atoms with Crippen molar-refractivity contribution in [3.63, 3.8) is 0 Å². The van der Waals surface area contributed by atoms with Crippen LogP contribution in [0.15, 0.2) is 24.5 Å². The Hall–Kier alpha value is -0.720. The summed E-state index contributed by atoms with van der Waals surface area (Å²) in [5.74, 6) is 0.779. The number of rotatable bonds is 2. The second-order valence-electron chi connectivity index (χ2n) is 5.16.